The van der Waals surface area contributed by atoms with Crippen LogP contribution in [0.1, 0.15) is 21.9 Å². The molecule has 0 radical (unpaired) electrons. The zero-order chi connectivity index (χ0) is 19.1. The van der Waals surface area contributed by atoms with E-state index < -0.39 is 12.5 Å². The van der Waals surface area contributed by atoms with Gasteiger partial charge in [0.25, 0.3) is 5.91 Å². The number of amides is 1. The zero-order valence-electron chi connectivity index (χ0n) is 13.7. The van der Waals surface area contributed by atoms with Gasteiger partial charge in [-0.1, -0.05) is 41.1 Å². The molecule has 10 heteroatoms. The molecule has 4 rings (SSSR count). The molecule has 0 saturated heterocycles. The largest absolute Gasteiger partial charge is 0.320 e. The first-order valence-corrected chi connectivity index (χ1v) is 9.74. The number of aromatic nitrogens is 3. The Labute approximate surface area is 165 Å². The van der Waals surface area contributed by atoms with Crippen LogP contribution in [-0.2, 0) is 0 Å². The van der Waals surface area contributed by atoms with Crippen LogP contribution in [0.15, 0.2) is 36.7 Å². The molecule has 1 N–H and O–H groups in total. The zero-order valence-corrected chi connectivity index (χ0v) is 16.1. The summed E-state index contributed by atoms with van der Waals surface area (Å²) in [7, 11) is 0. The second-order valence-corrected chi connectivity index (χ2v) is 7.99. The van der Waals surface area contributed by atoms with E-state index in [0.29, 0.717) is 25.6 Å². The van der Waals surface area contributed by atoms with Crippen LogP contribution in [0.25, 0.3) is 20.8 Å². The maximum Gasteiger partial charge on any atom is 0.320 e. The number of rotatable bonds is 4. The number of anilines is 1. The first-order valence-electron chi connectivity index (χ1n) is 7.73. The molecule has 0 aliphatic carbocycles. The third-order valence-corrected chi connectivity index (χ3v) is 6.58. The van der Waals surface area contributed by atoms with Crippen molar-refractivity contribution in [2.45, 2.75) is 13.5 Å². The van der Waals surface area contributed by atoms with Crippen LogP contribution in [0, 0.1) is 6.92 Å². The molecule has 27 heavy (non-hydrogen) atoms. The molecule has 0 unspecified atom stereocenters. The highest BCUT2D eigenvalue weighted by Crippen LogP contribution is 2.37. The molecule has 0 aliphatic heterocycles. The minimum absolute atomic E-state index is 0.111. The number of hydrogen-bond donors (Lipinski definition) is 1. The van der Waals surface area contributed by atoms with Crippen LogP contribution in [0.5, 0.6) is 0 Å². The molecule has 138 valence electrons. The minimum atomic E-state index is -2.71. The van der Waals surface area contributed by atoms with Crippen LogP contribution in [0.2, 0.25) is 5.02 Å². The standard InChI is InChI=1S/C17H11ClF2N4OS2/c1-8-12(14-21-6-7-24(14)16(19)20)27-17(22-8)23-15(25)13-11(18)9-4-2-3-5-10(9)26-13/h2-7,16H,1H3,(H,22,23,25). The second-order valence-electron chi connectivity index (χ2n) is 5.56. The van der Waals surface area contributed by atoms with E-state index in [2.05, 4.69) is 15.3 Å². The van der Waals surface area contributed by atoms with Gasteiger partial charge in [0, 0.05) is 22.5 Å². The van der Waals surface area contributed by atoms with E-state index in [1.807, 2.05) is 24.3 Å². The molecule has 0 bridgehead atoms. The van der Waals surface area contributed by atoms with Gasteiger partial charge in [-0.05, 0) is 13.0 Å². The topological polar surface area (TPSA) is 59.8 Å². The molecule has 0 aliphatic rings. The lowest BCUT2D eigenvalue weighted by atomic mass is 10.2. The molecule has 1 aromatic carbocycles. The summed E-state index contributed by atoms with van der Waals surface area (Å²) in [5, 5.41) is 4.19. The fraction of sp³-hybridized carbons (Fsp3) is 0.118. The number of imidazole rings is 1. The fourth-order valence-electron chi connectivity index (χ4n) is 2.62. The Kier molecular flexibility index (Phi) is 4.67. The Morgan fingerprint density at radius 1 is 1.30 bits per heavy atom. The van der Waals surface area contributed by atoms with E-state index >= 15 is 0 Å². The van der Waals surface area contributed by atoms with Gasteiger partial charge < -0.3 is 0 Å². The number of fused-ring (bicyclic) bond motifs is 1. The van der Waals surface area contributed by atoms with Gasteiger partial charge in [-0.15, -0.1) is 11.3 Å². The minimum Gasteiger partial charge on any atom is -0.297 e. The third-order valence-electron chi connectivity index (χ3n) is 3.84. The Balaban J connectivity index is 1.64. The molecule has 3 heterocycles. The van der Waals surface area contributed by atoms with Crippen molar-refractivity contribution in [1.82, 2.24) is 14.5 Å². The molecule has 0 spiro atoms. The molecule has 0 atom stereocenters. The van der Waals surface area contributed by atoms with Crippen molar-refractivity contribution in [3.63, 3.8) is 0 Å². The van der Waals surface area contributed by atoms with Gasteiger partial charge >= 0.3 is 6.55 Å². The van der Waals surface area contributed by atoms with E-state index in [0.717, 1.165) is 26.0 Å². The summed E-state index contributed by atoms with van der Waals surface area (Å²) in [5.41, 5.74) is 0.505. The van der Waals surface area contributed by atoms with Gasteiger partial charge in [-0.3, -0.25) is 14.7 Å². The summed E-state index contributed by atoms with van der Waals surface area (Å²) >= 11 is 8.70. The van der Waals surface area contributed by atoms with E-state index in [1.54, 1.807) is 6.92 Å². The van der Waals surface area contributed by atoms with Gasteiger partial charge in [0.05, 0.1) is 15.6 Å². The fourth-order valence-corrected chi connectivity index (χ4v) is 4.99. The summed E-state index contributed by atoms with van der Waals surface area (Å²) < 4.78 is 27.8. The van der Waals surface area contributed by atoms with Gasteiger partial charge in [0.15, 0.2) is 11.0 Å². The average Bonchev–Trinajstić information content (AvgIpc) is 3.33. The lowest BCUT2D eigenvalue weighted by molar-refractivity contribution is 0.0720. The summed E-state index contributed by atoms with van der Waals surface area (Å²) in [4.78, 5) is 21.7. The van der Waals surface area contributed by atoms with Gasteiger partial charge in [0.1, 0.15) is 4.88 Å². The van der Waals surface area contributed by atoms with E-state index in [4.69, 9.17) is 11.6 Å². The maximum absolute atomic E-state index is 13.1. The SMILES string of the molecule is Cc1nc(NC(=O)c2sc3ccccc3c2Cl)sc1-c1nccn1C(F)F. The molecule has 3 aromatic heterocycles. The normalized spacial score (nSPS) is 11.4. The molecule has 0 saturated carbocycles. The summed E-state index contributed by atoms with van der Waals surface area (Å²) in [6.07, 6.45) is 2.50. The first-order chi connectivity index (χ1) is 13.0. The Bertz CT molecular complexity index is 1150. The number of thiophene rings is 1. The first kappa shape index (κ1) is 18.0. The smallest absolute Gasteiger partial charge is 0.297 e. The second kappa shape index (κ2) is 6.99. The number of benzene rings is 1. The average molecular weight is 425 g/mol. The molecular formula is C17H11ClF2N4OS2. The van der Waals surface area contributed by atoms with E-state index in [9.17, 15) is 13.6 Å². The highest BCUT2D eigenvalue weighted by molar-refractivity contribution is 7.22. The van der Waals surface area contributed by atoms with Crippen molar-refractivity contribution < 1.29 is 13.6 Å². The summed E-state index contributed by atoms with van der Waals surface area (Å²) in [6.45, 7) is -1.03. The molecule has 1 amide bonds. The molecule has 4 aromatic rings. The number of carbonyl (C=O) groups excluding carboxylic acids is 1. The maximum atomic E-state index is 13.1. The van der Waals surface area contributed by atoms with Crippen LogP contribution in [0.3, 0.4) is 0 Å². The van der Waals surface area contributed by atoms with Crippen molar-refractivity contribution >= 4 is 55.4 Å². The van der Waals surface area contributed by atoms with Crippen LogP contribution < -0.4 is 5.32 Å². The predicted molar refractivity (Wildman–Crippen MR) is 104 cm³/mol. The van der Waals surface area contributed by atoms with Crippen molar-refractivity contribution in [2.75, 3.05) is 5.32 Å². The quantitative estimate of drug-likeness (QED) is 0.448. The number of halogens is 3. The number of hydrogen-bond acceptors (Lipinski definition) is 5. The predicted octanol–water partition coefficient (Wildman–Crippen LogP) is 5.83. The van der Waals surface area contributed by atoms with Gasteiger partial charge in [-0.25, -0.2) is 9.97 Å². The Hall–Kier alpha value is -2.36. The van der Waals surface area contributed by atoms with Gasteiger partial charge in [0.2, 0.25) is 0 Å². The van der Waals surface area contributed by atoms with Crippen molar-refractivity contribution in [2.24, 2.45) is 0 Å². The highest BCUT2D eigenvalue weighted by Gasteiger charge is 2.21. The highest BCUT2D eigenvalue weighted by atomic mass is 35.5. The lowest BCUT2D eigenvalue weighted by Crippen LogP contribution is -2.10. The van der Waals surface area contributed by atoms with Crippen LogP contribution >= 0.6 is 34.3 Å². The summed E-state index contributed by atoms with van der Waals surface area (Å²) in [6, 6.07) is 7.46. The summed E-state index contributed by atoms with van der Waals surface area (Å²) in [5.74, 6) is -0.279. The van der Waals surface area contributed by atoms with Crippen LogP contribution in [-0.4, -0.2) is 20.4 Å². The number of nitrogens with one attached hydrogen (secondary N) is 1. The lowest BCUT2D eigenvalue weighted by Gasteiger charge is -2.04. The van der Waals surface area contributed by atoms with Gasteiger partial charge in [-0.2, -0.15) is 8.78 Å². The monoisotopic (exact) mass is 424 g/mol. The number of thiazole rings is 1. The van der Waals surface area contributed by atoms with E-state index in [1.165, 1.54) is 23.7 Å². The molecule has 0 fully saturated rings. The number of nitrogens with zero attached hydrogens (tertiary/aromatic N) is 3. The number of aryl methyl sites for hydroxylation is 1. The Morgan fingerprint density at radius 3 is 2.81 bits per heavy atom. The Morgan fingerprint density at radius 2 is 2.07 bits per heavy atom. The van der Waals surface area contributed by atoms with Crippen LogP contribution in [0.4, 0.5) is 13.9 Å². The van der Waals surface area contributed by atoms with Crippen molar-refractivity contribution in [3.05, 3.63) is 52.3 Å². The van der Waals surface area contributed by atoms with E-state index in [-0.39, 0.29) is 5.82 Å². The number of alkyl halides is 2. The third kappa shape index (κ3) is 3.22. The number of carbonyl (C=O) groups is 1. The molecule has 5 nitrogen and oxygen atoms in total. The van der Waals surface area contributed by atoms with Crippen molar-refractivity contribution in [3.8, 4) is 10.7 Å². The van der Waals surface area contributed by atoms with Crippen molar-refractivity contribution in [1.29, 1.82) is 0 Å². The molecular weight excluding hydrogens is 414 g/mol.